The highest BCUT2D eigenvalue weighted by molar-refractivity contribution is 7.31. The molecular formula is C22H22N2SSi. The minimum atomic E-state index is -1.48. The maximum atomic E-state index is 4.76. The van der Waals surface area contributed by atoms with E-state index in [9.17, 15) is 0 Å². The second-order valence-electron chi connectivity index (χ2n) is 8.83. The predicted octanol–water partition coefficient (Wildman–Crippen LogP) is 5.70. The van der Waals surface area contributed by atoms with Crippen molar-refractivity contribution in [1.82, 2.24) is 9.97 Å². The molecule has 1 aliphatic carbocycles. The Hall–Kier alpha value is -2.04. The largest absolute Gasteiger partial charge is 0.236 e. The van der Waals surface area contributed by atoms with Crippen LogP contribution in [-0.4, -0.2) is 18.0 Å². The van der Waals surface area contributed by atoms with Gasteiger partial charge >= 0.3 is 0 Å². The SMILES string of the molecule is CC1(C)c2cc3ccccc3cc2-c2ncnc3sc([Si](C)(C)C)c1c23. The van der Waals surface area contributed by atoms with Crippen LogP contribution in [0.4, 0.5) is 0 Å². The zero-order valence-corrected chi connectivity index (χ0v) is 17.7. The fourth-order valence-electron chi connectivity index (χ4n) is 4.35. The van der Waals surface area contributed by atoms with Crippen molar-refractivity contribution in [3.05, 3.63) is 53.9 Å². The molecule has 2 aromatic heterocycles. The van der Waals surface area contributed by atoms with Gasteiger partial charge in [0.2, 0.25) is 0 Å². The summed E-state index contributed by atoms with van der Waals surface area (Å²) in [5, 5.41) is 3.87. The molecule has 2 aromatic carbocycles. The molecule has 0 spiro atoms. The molecule has 0 N–H and O–H groups in total. The number of nitrogens with zero attached hydrogens (tertiary/aromatic N) is 2. The Labute approximate surface area is 158 Å². The van der Waals surface area contributed by atoms with Crippen molar-refractivity contribution < 1.29 is 0 Å². The maximum Gasteiger partial charge on any atom is 0.127 e. The summed E-state index contributed by atoms with van der Waals surface area (Å²) < 4.78 is 1.57. The number of thiophene rings is 1. The molecule has 0 amide bonds. The second-order valence-corrected chi connectivity index (χ2v) is 15.2. The van der Waals surface area contributed by atoms with Crippen LogP contribution in [0.15, 0.2) is 42.7 Å². The van der Waals surface area contributed by atoms with Crippen LogP contribution in [-0.2, 0) is 5.41 Å². The van der Waals surface area contributed by atoms with Gasteiger partial charge < -0.3 is 0 Å². The summed E-state index contributed by atoms with van der Waals surface area (Å²) in [6.45, 7) is 12.1. The van der Waals surface area contributed by atoms with Gasteiger partial charge in [0.15, 0.2) is 0 Å². The molecule has 0 atom stereocenters. The average Bonchev–Trinajstić information content (AvgIpc) is 3.00. The van der Waals surface area contributed by atoms with E-state index >= 15 is 0 Å². The number of rotatable bonds is 1. The Kier molecular flexibility index (Phi) is 3.12. The minimum Gasteiger partial charge on any atom is -0.236 e. The molecule has 0 saturated carbocycles. The lowest BCUT2D eigenvalue weighted by Crippen LogP contribution is -2.42. The van der Waals surface area contributed by atoms with Gasteiger partial charge in [-0.05, 0) is 38.5 Å². The van der Waals surface area contributed by atoms with E-state index in [0.29, 0.717) is 0 Å². The maximum absolute atomic E-state index is 4.76. The van der Waals surface area contributed by atoms with Crippen molar-refractivity contribution in [3.8, 4) is 11.3 Å². The van der Waals surface area contributed by atoms with Crippen molar-refractivity contribution in [1.29, 1.82) is 0 Å². The molecule has 2 heterocycles. The van der Waals surface area contributed by atoms with Crippen LogP contribution < -0.4 is 4.50 Å². The first-order chi connectivity index (χ1) is 12.3. The first kappa shape index (κ1) is 16.2. The Balaban J connectivity index is 1.99. The Morgan fingerprint density at radius 1 is 0.962 bits per heavy atom. The van der Waals surface area contributed by atoms with Gasteiger partial charge in [-0.2, -0.15) is 0 Å². The lowest BCUT2D eigenvalue weighted by molar-refractivity contribution is 0.650. The highest BCUT2D eigenvalue weighted by Crippen LogP contribution is 2.50. The van der Waals surface area contributed by atoms with E-state index in [1.165, 1.54) is 32.8 Å². The number of fused-ring (bicyclic) bond motifs is 3. The third-order valence-corrected chi connectivity index (χ3v) is 10.3. The molecule has 2 nitrogen and oxygen atoms in total. The number of hydrogen-bond donors (Lipinski definition) is 0. The van der Waals surface area contributed by atoms with Gasteiger partial charge in [-0.3, -0.25) is 0 Å². The van der Waals surface area contributed by atoms with Crippen molar-refractivity contribution in [2.75, 3.05) is 0 Å². The fourth-order valence-corrected chi connectivity index (χ4v) is 8.11. The number of hydrogen-bond acceptors (Lipinski definition) is 3. The first-order valence-electron chi connectivity index (χ1n) is 9.10. The van der Waals surface area contributed by atoms with Crippen LogP contribution in [0.3, 0.4) is 0 Å². The van der Waals surface area contributed by atoms with Gasteiger partial charge in [-0.1, -0.05) is 57.8 Å². The summed E-state index contributed by atoms with van der Waals surface area (Å²) in [6, 6.07) is 13.3. The zero-order valence-electron chi connectivity index (χ0n) is 15.8. The lowest BCUT2D eigenvalue weighted by atomic mass is 9.71. The Morgan fingerprint density at radius 2 is 1.65 bits per heavy atom. The van der Waals surface area contributed by atoms with Crippen LogP contribution in [0.25, 0.3) is 32.2 Å². The van der Waals surface area contributed by atoms with E-state index in [1.807, 2.05) is 11.3 Å². The number of aromatic nitrogens is 2. The fraction of sp³-hybridized carbons (Fsp3) is 0.273. The number of benzene rings is 2. The summed E-state index contributed by atoms with van der Waals surface area (Å²) in [5.41, 5.74) is 5.22. The molecule has 4 aromatic rings. The van der Waals surface area contributed by atoms with Gasteiger partial charge in [-0.25, -0.2) is 9.97 Å². The molecule has 0 bridgehead atoms. The van der Waals surface area contributed by atoms with E-state index in [1.54, 1.807) is 10.8 Å². The molecule has 130 valence electrons. The minimum absolute atomic E-state index is 0.0368. The molecule has 1 aliphatic rings. The lowest BCUT2D eigenvalue weighted by Gasteiger charge is -2.35. The first-order valence-corrected chi connectivity index (χ1v) is 13.4. The van der Waals surface area contributed by atoms with E-state index in [4.69, 9.17) is 4.98 Å². The highest BCUT2D eigenvalue weighted by atomic mass is 32.1. The van der Waals surface area contributed by atoms with Crippen molar-refractivity contribution in [2.45, 2.75) is 38.9 Å². The molecule has 0 fully saturated rings. The molecule has 0 aliphatic heterocycles. The molecular weight excluding hydrogens is 352 g/mol. The molecule has 0 saturated heterocycles. The summed E-state index contributed by atoms with van der Waals surface area (Å²) in [4.78, 5) is 10.6. The van der Waals surface area contributed by atoms with Crippen LogP contribution in [0.5, 0.6) is 0 Å². The van der Waals surface area contributed by atoms with Crippen LogP contribution in [0, 0.1) is 0 Å². The van der Waals surface area contributed by atoms with E-state index < -0.39 is 8.07 Å². The van der Waals surface area contributed by atoms with Gasteiger partial charge in [0, 0.05) is 16.4 Å². The van der Waals surface area contributed by atoms with Gasteiger partial charge in [0.25, 0.3) is 0 Å². The Bertz CT molecular complexity index is 1200. The quantitative estimate of drug-likeness (QED) is 0.400. The standard InChI is InChI=1S/C22H22N2SSi/c1-22(2)16-11-14-9-7-6-8-13(14)10-15(16)19-17-18(22)21(26(3,4)5)25-20(17)24-12-23-19/h6-12H,1-5H3. The van der Waals surface area contributed by atoms with Crippen LogP contribution in [0.1, 0.15) is 25.0 Å². The predicted molar refractivity (Wildman–Crippen MR) is 115 cm³/mol. The zero-order chi connectivity index (χ0) is 18.3. The van der Waals surface area contributed by atoms with Gasteiger partial charge in [0.05, 0.1) is 13.8 Å². The average molecular weight is 375 g/mol. The normalized spacial score (nSPS) is 15.4. The van der Waals surface area contributed by atoms with Crippen LogP contribution in [0.2, 0.25) is 19.6 Å². The third kappa shape index (κ3) is 2.03. The van der Waals surface area contributed by atoms with Crippen molar-refractivity contribution >= 4 is 44.9 Å². The van der Waals surface area contributed by atoms with E-state index in [2.05, 4.69) is 74.9 Å². The molecule has 5 rings (SSSR count). The van der Waals surface area contributed by atoms with Crippen molar-refractivity contribution in [3.63, 3.8) is 0 Å². The van der Waals surface area contributed by atoms with Crippen molar-refractivity contribution in [2.24, 2.45) is 0 Å². The van der Waals surface area contributed by atoms with Gasteiger partial charge in [0.1, 0.15) is 11.2 Å². The highest BCUT2D eigenvalue weighted by Gasteiger charge is 2.40. The summed E-state index contributed by atoms with van der Waals surface area (Å²) >= 11 is 1.90. The monoisotopic (exact) mass is 374 g/mol. The Morgan fingerprint density at radius 3 is 2.35 bits per heavy atom. The third-order valence-electron chi connectivity index (χ3n) is 5.61. The van der Waals surface area contributed by atoms with E-state index in [0.717, 1.165) is 10.5 Å². The molecule has 0 unspecified atom stereocenters. The topological polar surface area (TPSA) is 25.8 Å². The second kappa shape index (κ2) is 5.02. The molecule has 4 heteroatoms. The van der Waals surface area contributed by atoms with E-state index in [-0.39, 0.29) is 5.41 Å². The summed E-state index contributed by atoms with van der Waals surface area (Å²) in [7, 11) is -1.48. The summed E-state index contributed by atoms with van der Waals surface area (Å²) in [6.07, 6.45) is 1.74. The summed E-state index contributed by atoms with van der Waals surface area (Å²) in [5.74, 6) is 0. The smallest absolute Gasteiger partial charge is 0.127 e. The molecule has 0 radical (unpaired) electrons. The van der Waals surface area contributed by atoms with Crippen LogP contribution >= 0.6 is 11.3 Å². The van der Waals surface area contributed by atoms with Gasteiger partial charge in [-0.15, -0.1) is 11.3 Å². The molecule has 26 heavy (non-hydrogen) atoms.